The van der Waals surface area contributed by atoms with Crippen molar-refractivity contribution in [1.29, 1.82) is 0 Å². The normalized spacial score (nSPS) is 12.2. The van der Waals surface area contributed by atoms with E-state index in [0.717, 1.165) is 18.4 Å². The Morgan fingerprint density at radius 1 is 0.805 bits per heavy atom. The standard InChI is InChI=1S/C33H39N3O5/c1-22-17-18-23(20-29(22)36-32(39)41-33(2,3)4)35-30(37)16-6-5-11-19-34-31(38)40-21-28-26-14-9-7-12-24(26)25-13-8-10-15-27(25)28/h7-10,12-15,17-18,20,28H,5-6,11,16,19,21H2,1-4H3,(H,34,38)(H,35,37)(H,36,39). The van der Waals surface area contributed by atoms with E-state index in [9.17, 15) is 14.4 Å². The highest BCUT2D eigenvalue weighted by Crippen LogP contribution is 2.44. The van der Waals surface area contributed by atoms with E-state index in [1.54, 1.807) is 32.9 Å². The van der Waals surface area contributed by atoms with Gasteiger partial charge in [-0.25, -0.2) is 9.59 Å². The summed E-state index contributed by atoms with van der Waals surface area (Å²) in [5, 5.41) is 8.43. The highest BCUT2D eigenvalue weighted by Gasteiger charge is 2.29. The number of nitrogens with one attached hydrogen (secondary N) is 3. The maximum absolute atomic E-state index is 12.4. The van der Waals surface area contributed by atoms with Gasteiger partial charge in [0.05, 0.1) is 0 Å². The van der Waals surface area contributed by atoms with Crippen LogP contribution in [0.2, 0.25) is 0 Å². The van der Waals surface area contributed by atoms with E-state index >= 15 is 0 Å². The Morgan fingerprint density at radius 2 is 1.46 bits per heavy atom. The Hall–Kier alpha value is -4.33. The summed E-state index contributed by atoms with van der Waals surface area (Å²) in [6.07, 6.45) is 1.60. The number of hydrogen-bond donors (Lipinski definition) is 3. The van der Waals surface area contributed by atoms with Crippen LogP contribution in [-0.2, 0) is 14.3 Å². The average Bonchev–Trinajstić information content (AvgIpc) is 3.24. The van der Waals surface area contributed by atoms with Gasteiger partial charge in [0.15, 0.2) is 0 Å². The number of carbonyl (C=O) groups excluding carboxylic acids is 3. The van der Waals surface area contributed by atoms with Crippen molar-refractivity contribution >= 4 is 29.5 Å². The number of carbonyl (C=O) groups is 3. The molecule has 0 saturated carbocycles. The van der Waals surface area contributed by atoms with Gasteiger partial charge in [-0.05, 0) is 80.5 Å². The maximum Gasteiger partial charge on any atom is 0.412 e. The highest BCUT2D eigenvalue weighted by molar-refractivity contribution is 5.93. The highest BCUT2D eigenvalue weighted by atomic mass is 16.6. The van der Waals surface area contributed by atoms with Crippen LogP contribution < -0.4 is 16.0 Å². The maximum atomic E-state index is 12.4. The van der Waals surface area contributed by atoms with Crippen molar-refractivity contribution in [3.63, 3.8) is 0 Å². The Morgan fingerprint density at radius 3 is 2.12 bits per heavy atom. The lowest BCUT2D eigenvalue weighted by Crippen LogP contribution is -2.27. The summed E-state index contributed by atoms with van der Waals surface area (Å²) in [6, 6.07) is 21.8. The first kappa shape index (κ1) is 29.6. The van der Waals surface area contributed by atoms with E-state index in [1.165, 1.54) is 22.3 Å². The van der Waals surface area contributed by atoms with Crippen LogP contribution in [0.3, 0.4) is 0 Å². The third-order valence-electron chi connectivity index (χ3n) is 6.85. The summed E-state index contributed by atoms with van der Waals surface area (Å²) in [4.78, 5) is 36.9. The molecule has 0 aromatic heterocycles. The second-order valence-electron chi connectivity index (χ2n) is 11.3. The zero-order chi connectivity index (χ0) is 29.4. The van der Waals surface area contributed by atoms with Gasteiger partial charge in [-0.3, -0.25) is 10.1 Å². The molecule has 0 radical (unpaired) electrons. The van der Waals surface area contributed by atoms with Crippen molar-refractivity contribution in [2.45, 2.75) is 64.9 Å². The molecule has 4 rings (SSSR count). The minimum Gasteiger partial charge on any atom is -0.449 e. The van der Waals surface area contributed by atoms with Crippen LogP contribution in [0.5, 0.6) is 0 Å². The van der Waals surface area contributed by atoms with Crippen molar-refractivity contribution in [1.82, 2.24) is 5.32 Å². The molecule has 0 saturated heterocycles. The lowest BCUT2D eigenvalue weighted by molar-refractivity contribution is -0.116. The molecule has 0 atom stereocenters. The number of fused-ring (bicyclic) bond motifs is 3. The van der Waals surface area contributed by atoms with E-state index in [2.05, 4.69) is 40.2 Å². The monoisotopic (exact) mass is 557 g/mol. The Balaban J connectivity index is 1.13. The second-order valence-corrected chi connectivity index (χ2v) is 11.3. The molecule has 41 heavy (non-hydrogen) atoms. The number of unbranched alkanes of at least 4 members (excludes halogenated alkanes) is 2. The van der Waals surface area contributed by atoms with Gasteiger partial charge in [-0.15, -0.1) is 0 Å². The second kappa shape index (κ2) is 13.4. The van der Waals surface area contributed by atoms with E-state index in [0.29, 0.717) is 30.8 Å². The zero-order valence-corrected chi connectivity index (χ0v) is 24.2. The van der Waals surface area contributed by atoms with Gasteiger partial charge in [-0.2, -0.15) is 0 Å². The number of ether oxygens (including phenoxy) is 2. The van der Waals surface area contributed by atoms with E-state index in [1.807, 2.05) is 37.3 Å². The molecule has 0 aliphatic heterocycles. The van der Waals surface area contributed by atoms with Crippen molar-refractivity contribution in [2.75, 3.05) is 23.8 Å². The molecule has 8 heteroatoms. The van der Waals surface area contributed by atoms with Crippen LogP contribution >= 0.6 is 0 Å². The first-order chi connectivity index (χ1) is 19.6. The molecule has 0 spiro atoms. The van der Waals surface area contributed by atoms with Crippen LogP contribution in [0.4, 0.5) is 21.0 Å². The number of amides is 3. The summed E-state index contributed by atoms with van der Waals surface area (Å²) >= 11 is 0. The molecule has 3 aromatic carbocycles. The molecule has 1 aliphatic rings. The third-order valence-corrected chi connectivity index (χ3v) is 6.85. The zero-order valence-electron chi connectivity index (χ0n) is 24.2. The van der Waals surface area contributed by atoms with Crippen LogP contribution in [0.15, 0.2) is 66.7 Å². The van der Waals surface area contributed by atoms with E-state index in [4.69, 9.17) is 9.47 Å². The minimum atomic E-state index is -0.602. The molecular weight excluding hydrogens is 518 g/mol. The fourth-order valence-corrected chi connectivity index (χ4v) is 4.90. The molecule has 0 unspecified atom stereocenters. The van der Waals surface area contributed by atoms with Crippen molar-refractivity contribution in [2.24, 2.45) is 0 Å². The van der Waals surface area contributed by atoms with Crippen molar-refractivity contribution in [3.05, 3.63) is 83.4 Å². The minimum absolute atomic E-state index is 0.0318. The van der Waals surface area contributed by atoms with Gasteiger partial charge >= 0.3 is 12.2 Å². The number of alkyl carbamates (subject to hydrolysis) is 1. The molecule has 8 nitrogen and oxygen atoms in total. The SMILES string of the molecule is Cc1ccc(NC(=O)CCCCCNC(=O)OCC2c3ccccc3-c3ccccc32)cc1NC(=O)OC(C)(C)C. The van der Waals surface area contributed by atoms with E-state index < -0.39 is 17.8 Å². The number of benzene rings is 3. The van der Waals surface area contributed by atoms with Gasteiger partial charge in [0.25, 0.3) is 0 Å². The molecule has 1 aliphatic carbocycles. The number of anilines is 2. The molecule has 3 aromatic rings. The summed E-state index contributed by atoms with van der Waals surface area (Å²) in [5.41, 5.74) is 6.19. The topological polar surface area (TPSA) is 106 Å². The van der Waals surface area contributed by atoms with Crippen molar-refractivity contribution in [3.8, 4) is 11.1 Å². The third kappa shape index (κ3) is 8.33. The summed E-state index contributed by atoms with van der Waals surface area (Å²) in [6.45, 7) is 8.04. The quantitative estimate of drug-likeness (QED) is 0.226. The predicted molar refractivity (Wildman–Crippen MR) is 161 cm³/mol. The lowest BCUT2D eigenvalue weighted by atomic mass is 9.98. The van der Waals surface area contributed by atoms with Gasteiger partial charge in [-0.1, -0.05) is 61.0 Å². The summed E-state index contributed by atoms with van der Waals surface area (Å²) < 4.78 is 10.9. The number of aryl methyl sites for hydroxylation is 1. The van der Waals surface area contributed by atoms with Gasteiger partial charge in [0, 0.05) is 30.3 Å². The summed E-state index contributed by atoms with van der Waals surface area (Å²) in [5.74, 6) is -0.0778. The lowest BCUT2D eigenvalue weighted by Gasteiger charge is -2.20. The molecule has 216 valence electrons. The number of hydrogen-bond acceptors (Lipinski definition) is 5. The molecule has 3 N–H and O–H groups in total. The fraction of sp³-hybridized carbons (Fsp3) is 0.364. The van der Waals surface area contributed by atoms with Gasteiger partial charge < -0.3 is 20.1 Å². The molecule has 0 heterocycles. The summed E-state index contributed by atoms with van der Waals surface area (Å²) in [7, 11) is 0. The van der Waals surface area contributed by atoms with Crippen molar-refractivity contribution < 1.29 is 23.9 Å². The molecule has 3 amide bonds. The Labute approximate surface area is 241 Å². The molecular formula is C33H39N3O5. The fourth-order valence-electron chi connectivity index (χ4n) is 4.90. The van der Waals surface area contributed by atoms with Crippen LogP contribution in [-0.4, -0.2) is 36.8 Å². The van der Waals surface area contributed by atoms with Crippen LogP contribution in [0.25, 0.3) is 11.1 Å². The first-order valence-electron chi connectivity index (χ1n) is 14.1. The number of rotatable bonds is 10. The smallest absolute Gasteiger partial charge is 0.412 e. The first-order valence-corrected chi connectivity index (χ1v) is 14.1. The largest absolute Gasteiger partial charge is 0.449 e. The van der Waals surface area contributed by atoms with Crippen LogP contribution in [0, 0.1) is 6.92 Å². The predicted octanol–water partition coefficient (Wildman–Crippen LogP) is 7.38. The molecule has 0 fully saturated rings. The van der Waals surface area contributed by atoms with Gasteiger partial charge in [0.2, 0.25) is 5.91 Å². The van der Waals surface area contributed by atoms with Gasteiger partial charge in [0.1, 0.15) is 12.2 Å². The molecule has 0 bridgehead atoms. The average molecular weight is 558 g/mol. The Bertz CT molecular complexity index is 1350. The Kier molecular flexibility index (Phi) is 9.65. The van der Waals surface area contributed by atoms with Crippen LogP contribution in [0.1, 0.15) is 69.1 Å². The van der Waals surface area contributed by atoms with E-state index in [-0.39, 0.29) is 18.4 Å².